The number of benzene rings is 1. The van der Waals surface area contributed by atoms with Gasteiger partial charge < -0.3 is 15.6 Å². The lowest BCUT2D eigenvalue weighted by Crippen LogP contribution is -2.28. The molecule has 1 heterocycles. The molecule has 1 saturated carbocycles. The van der Waals surface area contributed by atoms with Crippen LogP contribution in [0.25, 0.3) is 0 Å². The average Bonchev–Trinajstić information content (AvgIpc) is 2.67. The third-order valence-corrected chi connectivity index (χ3v) is 4.74. The summed E-state index contributed by atoms with van der Waals surface area (Å²) in [4.78, 5) is 15.0. The van der Waals surface area contributed by atoms with Crippen molar-refractivity contribution in [2.24, 2.45) is 16.6 Å². The standard InChI is InChI=1S/C13H16FN3O3.C5H7F3/c1-13(4-5-20-7-11(15)17-13)9-6-8(16-12(18)19)2-3-10(9)14;6-5(7,8)4-2-1-3-4/h2-3,6,16H,4-5,7H2,1H3,(H2,15,17)(H,18,19);4H,1-3H2/t13-;/m0./s1. The lowest BCUT2D eigenvalue weighted by Gasteiger charge is -2.27. The van der Waals surface area contributed by atoms with E-state index in [0.29, 0.717) is 31.7 Å². The van der Waals surface area contributed by atoms with Gasteiger partial charge in [-0.15, -0.1) is 0 Å². The first-order valence-electron chi connectivity index (χ1n) is 8.80. The van der Waals surface area contributed by atoms with Crippen molar-refractivity contribution >= 4 is 17.6 Å². The number of amides is 1. The number of nitrogens with two attached hydrogens (primary N) is 1. The number of hydrogen-bond donors (Lipinski definition) is 3. The summed E-state index contributed by atoms with van der Waals surface area (Å²) >= 11 is 0. The number of aliphatic imine (C=N–C) groups is 1. The Morgan fingerprint density at radius 1 is 1.39 bits per heavy atom. The van der Waals surface area contributed by atoms with Crippen molar-refractivity contribution in [3.05, 3.63) is 29.6 Å². The SMILES string of the molecule is C[C@@]1(c2cc(NC(=O)O)ccc2F)CCOCC(N)=N1.FC(F)(F)C1CCC1. The molecule has 4 N–H and O–H groups in total. The van der Waals surface area contributed by atoms with E-state index in [0.717, 1.165) is 6.42 Å². The second-order valence-corrected chi connectivity index (χ2v) is 6.97. The Hall–Kier alpha value is -2.36. The molecule has 2 aliphatic rings. The van der Waals surface area contributed by atoms with Crippen molar-refractivity contribution in [2.75, 3.05) is 18.5 Å². The van der Waals surface area contributed by atoms with Crippen LogP contribution in [0.1, 0.15) is 38.2 Å². The van der Waals surface area contributed by atoms with Gasteiger partial charge >= 0.3 is 12.3 Å². The predicted octanol–water partition coefficient (Wildman–Crippen LogP) is 4.26. The number of rotatable bonds is 2. The molecule has 0 radical (unpaired) electrons. The molecule has 1 aromatic carbocycles. The molecule has 1 fully saturated rings. The second-order valence-electron chi connectivity index (χ2n) is 6.97. The molecule has 1 aliphatic carbocycles. The number of anilines is 1. The Bertz CT molecular complexity index is 735. The molecule has 0 spiro atoms. The number of amidine groups is 1. The van der Waals surface area contributed by atoms with Gasteiger partial charge in [0.1, 0.15) is 18.3 Å². The van der Waals surface area contributed by atoms with Crippen molar-refractivity contribution in [1.29, 1.82) is 0 Å². The minimum atomic E-state index is -3.90. The Morgan fingerprint density at radius 2 is 2.07 bits per heavy atom. The fourth-order valence-corrected chi connectivity index (χ4v) is 2.92. The maximum absolute atomic E-state index is 14.1. The molecule has 156 valence electrons. The highest BCUT2D eigenvalue weighted by atomic mass is 19.4. The maximum atomic E-state index is 14.1. The molecule has 1 aliphatic heterocycles. The number of halogens is 4. The Labute approximate surface area is 159 Å². The van der Waals surface area contributed by atoms with E-state index >= 15 is 0 Å². The predicted molar refractivity (Wildman–Crippen MR) is 95.9 cm³/mol. The van der Waals surface area contributed by atoms with Crippen molar-refractivity contribution in [3.8, 4) is 0 Å². The molecule has 1 aromatic rings. The molecule has 1 amide bonds. The lowest BCUT2D eigenvalue weighted by atomic mass is 9.85. The van der Waals surface area contributed by atoms with Gasteiger partial charge in [-0.3, -0.25) is 10.3 Å². The van der Waals surface area contributed by atoms with Gasteiger partial charge in [0.25, 0.3) is 0 Å². The van der Waals surface area contributed by atoms with Crippen LogP contribution in [0.4, 0.5) is 28.0 Å². The summed E-state index contributed by atoms with van der Waals surface area (Å²) in [5.74, 6) is -1.13. The number of carboxylic acid groups (broad SMARTS) is 1. The average molecular weight is 405 g/mol. The first-order valence-corrected chi connectivity index (χ1v) is 8.80. The van der Waals surface area contributed by atoms with Crippen LogP contribution in [0, 0.1) is 11.7 Å². The summed E-state index contributed by atoms with van der Waals surface area (Å²) in [7, 11) is 0. The zero-order chi connectivity index (χ0) is 20.9. The zero-order valence-electron chi connectivity index (χ0n) is 15.4. The summed E-state index contributed by atoms with van der Waals surface area (Å²) < 4.78 is 53.8. The largest absolute Gasteiger partial charge is 0.465 e. The number of hydrogen-bond acceptors (Lipinski definition) is 4. The third kappa shape index (κ3) is 5.82. The molecule has 1 atom stereocenters. The van der Waals surface area contributed by atoms with Crippen LogP contribution in [-0.4, -0.2) is 36.4 Å². The number of nitrogens with one attached hydrogen (secondary N) is 1. The molecular formula is C18H23F4N3O3. The van der Waals surface area contributed by atoms with Crippen molar-refractivity contribution in [2.45, 2.75) is 44.3 Å². The van der Waals surface area contributed by atoms with E-state index in [1.165, 1.54) is 18.2 Å². The van der Waals surface area contributed by atoms with Gasteiger partial charge in [-0.05, 0) is 44.4 Å². The normalized spacial score (nSPS) is 22.8. The molecule has 10 heteroatoms. The molecular weight excluding hydrogens is 382 g/mol. The maximum Gasteiger partial charge on any atom is 0.409 e. The van der Waals surface area contributed by atoms with E-state index in [4.69, 9.17) is 15.6 Å². The Morgan fingerprint density at radius 3 is 2.57 bits per heavy atom. The van der Waals surface area contributed by atoms with Crippen LogP contribution in [-0.2, 0) is 10.3 Å². The Balaban J connectivity index is 0.000000292. The monoisotopic (exact) mass is 405 g/mol. The summed E-state index contributed by atoms with van der Waals surface area (Å²) in [5.41, 5.74) is 5.41. The smallest absolute Gasteiger partial charge is 0.409 e. The summed E-state index contributed by atoms with van der Waals surface area (Å²) in [5, 5.41) is 10.9. The van der Waals surface area contributed by atoms with Gasteiger partial charge in [0.05, 0.1) is 11.5 Å². The first-order chi connectivity index (χ1) is 13.0. The van der Waals surface area contributed by atoms with Crippen LogP contribution in [0.2, 0.25) is 0 Å². The van der Waals surface area contributed by atoms with Crippen molar-refractivity contribution in [3.63, 3.8) is 0 Å². The lowest BCUT2D eigenvalue weighted by molar-refractivity contribution is -0.193. The fraction of sp³-hybridized carbons (Fsp3) is 0.556. The Kier molecular flexibility index (Phi) is 6.87. The molecule has 0 aromatic heterocycles. The van der Waals surface area contributed by atoms with E-state index in [1.54, 1.807) is 6.92 Å². The molecule has 0 unspecified atom stereocenters. The van der Waals surface area contributed by atoms with Gasteiger partial charge in [-0.1, -0.05) is 6.42 Å². The van der Waals surface area contributed by atoms with E-state index < -0.39 is 29.5 Å². The van der Waals surface area contributed by atoms with Crippen LogP contribution < -0.4 is 11.1 Å². The fourth-order valence-electron chi connectivity index (χ4n) is 2.92. The minimum Gasteiger partial charge on any atom is -0.465 e. The zero-order valence-corrected chi connectivity index (χ0v) is 15.4. The van der Waals surface area contributed by atoms with Crippen LogP contribution in [0.15, 0.2) is 23.2 Å². The van der Waals surface area contributed by atoms with Crippen LogP contribution >= 0.6 is 0 Å². The van der Waals surface area contributed by atoms with Crippen molar-refractivity contribution < 1.29 is 32.2 Å². The van der Waals surface area contributed by atoms with Crippen LogP contribution in [0.5, 0.6) is 0 Å². The quantitative estimate of drug-likeness (QED) is 0.641. The summed E-state index contributed by atoms with van der Waals surface area (Å²) in [6.45, 7) is 2.36. The van der Waals surface area contributed by atoms with E-state index in [2.05, 4.69) is 10.3 Å². The number of carbonyl (C=O) groups is 1. The molecule has 0 saturated heterocycles. The van der Waals surface area contributed by atoms with Gasteiger partial charge in [-0.25, -0.2) is 9.18 Å². The van der Waals surface area contributed by atoms with Crippen molar-refractivity contribution in [1.82, 2.24) is 0 Å². The number of alkyl halides is 3. The number of ether oxygens (including phenoxy) is 1. The highest BCUT2D eigenvalue weighted by Crippen LogP contribution is 2.40. The van der Waals surface area contributed by atoms with E-state index in [-0.39, 0.29) is 17.9 Å². The topological polar surface area (TPSA) is 96.9 Å². The van der Waals surface area contributed by atoms with E-state index in [9.17, 15) is 22.4 Å². The molecule has 6 nitrogen and oxygen atoms in total. The van der Waals surface area contributed by atoms with Gasteiger partial charge in [0, 0.05) is 17.9 Å². The van der Waals surface area contributed by atoms with Crippen LogP contribution in [0.3, 0.4) is 0 Å². The first kappa shape index (κ1) is 21.9. The summed E-state index contributed by atoms with van der Waals surface area (Å²) in [6.07, 6.45) is -3.20. The second kappa shape index (κ2) is 8.76. The number of nitrogens with zero attached hydrogens (tertiary/aromatic N) is 1. The van der Waals surface area contributed by atoms with Gasteiger partial charge in [-0.2, -0.15) is 13.2 Å². The molecule has 3 rings (SSSR count). The third-order valence-electron chi connectivity index (χ3n) is 4.74. The summed E-state index contributed by atoms with van der Waals surface area (Å²) in [6, 6.07) is 4.01. The minimum absolute atomic E-state index is 0.213. The van der Waals surface area contributed by atoms with Gasteiger partial charge in [0.15, 0.2) is 0 Å². The van der Waals surface area contributed by atoms with E-state index in [1.807, 2.05) is 0 Å². The highest BCUT2D eigenvalue weighted by Gasteiger charge is 2.42. The molecule has 28 heavy (non-hydrogen) atoms. The highest BCUT2D eigenvalue weighted by molar-refractivity contribution is 5.83. The van der Waals surface area contributed by atoms with Gasteiger partial charge in [0.2, 0.25) is 0 Å². The molecule has 0 bridgehead atoms.